The molecule has 0 aliphatic rings. The number of nitrogens with zero attached hydrogens (tertiary/aromatic N) is 2. The Morgan fingerprint density at radius 2 is 2.31 bits per heavy atom. The van der Waals surface area contributed by atoms with Crippen molar-refractivity contribution in [2.24, 2.45) is 0 Å². The van der Waals surface area contributed by atoms with Crippen LogP contribution in [0.3, 0.4) is 0 Å². The number of aromatic nitrogens is 2. The van der Waals surface area contributed by atoms with Gasteiger partial charge >= 0.3 is 0 Å². The van der Waals surface area contributed by atoms with Gasteiger partial charge in [-0.3, -0.25) is 4.79 Å². The molecule has 5 heteroatoms. The van der Waals surface area contributed by atoms with Gasteiger partial charge in [0.2, 0.25) is 0 Å². The zero-order valence-electron chi connectivity index (χ0n) is 8.55. The molecule has 0 spiro atoms. The normalized spacial score (nSPS) is 10.1. The molecule has 0 bridgehead atoms. The van der Waals surface area contributed by atoms with Gasteiger partial charge in [0.1, 0.15) is 5.75 Å². The van der Waals surface area contributed by atoms with Gasteiger partial charge in [-0.1, -0.05) is 0 Å². The summed E-state index contributed by atoms with van der Waals surface area (Å²) in [6, 6.07) is 6.89. The topological polar surface area (TPSA) is 44.1 Å². The highest BCUT2D eigenvalue weighted by atomic mass is 35.5. The third-order valence-corrected chi connectivity index (χ3v) is 2.37. The standard InChI is InChI=1S/C11H9ClN2O2/c1-16-10-7-8(14-6-2-5-13-14)3-4-9(10)11(12)15/h2-7H,1H3. The van der Waals surface area contributed by atoms with Gasteiger partial charge in [-0.2, -0.15) is 5.10 Å². The third-order valence-electron chi connectivity index (χ3n) is 2.17. The minimum atomic E-state index is -0.538. The lowest BCUT2D eigenvalue weighted by atomic mass is 10.2. The molecule has 82 valence electrons. The number of carbonyl (C=O) groups is 1. The third kappa shape index (κ3) is 1.92. The lowest BCUT2D eigenvalue weighted by molar-refractivity contribution is 0.107. The molecule has 0 atom stereocenters. The molecule has 0 fully saturated rings. The summed E-state index contributed by atoms with van der Waals surface area (Å²) in [6.07, 6.45) is 3.48. The number of rotatable bonds is 3. The second-order valence-electron chi connectivity index (χ2n) is 3.11. The first kappa shape index (κ1) is 10.7. The summed E-state index contributed by atoms with van der Waals surface area (Å²) in [4.78, 5) is 11.1. The van der Waals surface area contributed by atoms with Crippen molar-refractivity contribution >= 4 is 16.8 Å². The highest BCUT2D eigenvalue weighted by Crippen LogP contribution is 2.23. The van der Waals surface area contributed by atoms with Crippen molar-refractivity contribution in [1.29, 1.82) is 0 Å². The number of ether oxygens (including phenoxy) is 1. The molecule has 2 rings (SSSR count). The van der Waals surface area contributed by atoms with E-state index in [1.54, 1.807) is 35.3 Å². The zero-order chi connectivity index (χ0) is 11.5. The van der Waals surface area contributed by atoms with Crippen LogP contribution in [0.15, 0.2) is 36.7 Å². The fraction of sp³-hybridized carbons (Fsp3) is 0.0909. The molecule has 1 aromatic heterocycles. The summed E-state index contributed by atoms with van der Waals surface area (Å²) in [5, 5.41) is 3.54. The van der Waals surface area contributed by atoms with Gasteiger partial charge in [0.15, 0.2) is 0 Å². The number of benzene rings is 1. The molecule has 0 unspecified atom stereocenters. The van der Waals surface area contributed by atoms with E-state index in [0.717, 1.165) is 5.69 Å². The Morgan fingerprint density at radius 3 is 2.88 bits per heavy atom. The molecule has 0 saturated heterocycles. The van der Waals surface area contributed by atoms with Crippen molar-refractivity contribution < 1.29 is 9.53 Å². The van der Waals surface area contributed by atoms with Crippen molar-refractivity contribution in [3.63, 3.8) is 0 Å². The van der Waals surface area contributed by atoms with E-state index < -0.39 is 5.24 Å². The maximum absolute atomic E-state index is 11.1. The minimum Gasteiger partial charge on any atom is -0.496 e. The van der Waals surface area contributed by atoms with Gasteiger partial charge in [0.05, 0.1) is 18.4 Å². The van der Waals surface area contributed by atoms with Gasteiger partial charge in [0, 0.05) is 18.5 Å². The Balaban J connectivity index is 2.49. The quantitative estimate of drug-likeness (QED) is 0.768. The van der Waals surface area contributed by atoms with Crippen LogP contribution < -0.4 is 4.74 Å². The van der Waals surface area contributed by atoms with Crippen LogP contribution in [-0.4, -0.2) is 22.1 Å². The molecule has 1 heterocycles. The SMILES string of the molecule is COc1cc(-n2cccn2)ccc1C(=O)Cl. The van der Waals surface area contributed by atoms with Gasteiger partial charge in [-0.05, 0) is 29.8 Å². The fourth-order valence-electron chi connectivity index (χ4n) is 1.41. The minimum absolute atomic E-state index is 0.347. The summed E-state index contributed by atoms with van der Waals surface area (Å²) in [7, 11) is 1.49. The Labute approximate surface area is 97.4 Å². The largest absolute Gasteiger partial charge is 0.496 e. The lowest BCUT2D eigenvalue weighted by Gasteiger charge is -2.07. The summed E-state index contributed by atoms with van der Waals surface area (Å²) >= 11 is 5.42. The number of methoxy groups -OCH3 is 1. The molecular formula is C11H9ClN2O2. The molecule has 0 aliphatic heterocycles. The van der Waals surface area contributed by atoms with Gasteiger partial charge in [-0.25, -0.2) is 4.68 Å². The van der Waals surface area contributed by atoms with E-state index in [-0.39, 0.29) is 0 Å². The van der Waals surface area contributed by atoms with E-state index in [0.29, 0.717) is 11.3 Å². The summed E-state index contributed by atoms with van der Waals surface area (Å²) in [6.45, 7) is 0. The molecule has 2 aromatic rings. The van der Waals surface area contributed by atoms with E-state index >= 15 is 0 Å². The maximum Gasteiger partial charge on any atom is 0.256 e. The average Bonchev–Trinajstić information content (AvgIpc) is 2.81. The highest BCUT2D eigenvalue weighted by molar-refractivity contribution is 6.68. The predicted octanol–water partition coefficient (Wildman–Crippen LogP) is 2.26. The van der Waals surface area contributed by atoms with E-state index in [1.807, 2.05) is 6.07 Å². The monoisotopic (exact) mass is 236 g/mol. The smallest absolute Gasteiger partial charge is 0.256 e. The number of carbonyl (C=O) groups excluding carboxylic acids is 1. The first-order valence-electron chi connectivity index (χ1n) is 4.60. The predicted molar refractivity (Wildman–Crippen MR) is 60.3 cm³/mol. The van der Waals surface area contributed by atoms with E-state index in [4.69, 9.17) is 16.3 Å². The summed E-state index contributed by atoms with van der Waals surface area (Å²) < 4.78 is 6.77. The number of hydrogen-bond donors (Lipinski definition) is 0. The highest BCUT2D eigenvalue weighted by Gasteiger charge is 2.10. The van der Waals surface area contributed by atoms with Crippen LogP contribution in [0.25, 0.3) is 5.69 Å². The zero-order valence-corrected chi connectivity index (χ0v) is 9.31. The Hall–Kier alpha value is -1.81. The fourth-order valence-corrected chi connectivity index (χ4v) is 1.56. The first-order valence-corrected chi connectivity index (χ1v) is 4.98. The van der Waals surface area contributed by atoms with Crippen molar-refractivity contribution in [3.8, 4) is 11.4 Å². The second kappa shape index (κ2) is 4.37. The Morgan fingerprint density at radius 1 is 1.50 bits per heavy atom. The maximum atomic E-state index is 11.1. The van der Waals surface area contributed by atoms with E-state index in [1.165, 1.54) is 7.11 Å². The van der Waals surface area contributed by atoms with Crippen LogP contribution in [0, 0.1) is 0 Å². The lowest BCUT2D eigenvalue weighted by Crippen LogP contribution is -1.99. The molecule has 1 aromatic carbocycles. The van der Waals surface area contributed by atoms with Crippen LogP contribution >= 0.6 is 11.6 Å². The second-order valence-corrected chi connectivity index (χ2v) is 3.45. The number of hydrogen-bond acceptors (Lipinski definition) is 3. The van der Waals surface area contributed by atoms with Crippen molar-refractivity contribution in [3.05, 3.63) is 42.2 Å². The van der Waals surface area contributed by atoms with E-state index in [9.17, 15) is 4.79 Å². The van der Waals surface area contributed by atoms with Crippen molar-refractivity contribution in [2.45, 2.75) is 0 Å². The van der Waals surface area contributed by atoms with Gasteiger partial charge < -0.3 is 4.74 Å². The van der Waals surface area contributed by atoms with Crippen LogP contribution in [0.5, 0.6) is 5.75 Å². The van der Waals surface area contributed by atoms with Crippen LogP contribution in [0.2, 0.25) is 0 Å². The number of halogens is 1. The molecule has 0 aliphatic carbocycles. The van der Waals surface area contributed by atoms with Crippen LogP contribution in [0.1, 0.15) is 10.4 Å². The molecule has 0 radical (unpaired) electrons. The van der Waals surface area contributed by atoms with Crippen LogP contribution in [0.4, 0.5) is 0 Å². The molecule has 0 amide bonds. The van der Waals surface area contributed by atoms with Crippen molar-refractivity contribution in [2.75, 3.05) is 7.11 Å². The molecule has 0 saturated carbocycles. The summed E-state index contributed by atoms with van der Waals surface area (Å²) in [5.41, 5.74) is 1.16. The van der Waals surface area contributed by atoms with Crippen molar-refractivity contribution in [1.82, 2.24) is 9.78 Å². The molecule has 4 nitrogen and oxygen atoms in total. The average molecular weight is 237 g/mol. The van der Waals surface area contributed by atoms with Gasteiger partial charge in [0.25, 0.3) is 5.24 Å². The molecule has 16 heavy (non-hydrogen) atoms. The summed E-state index contributed by atoms with van der Waals surface area (Å²) in [5.74, 6) is 0.438. The van der Waals surface area contributed by atoms with Crippen LogP contribution in [-0.2, 0) is 0 Å². The first-order chi connectivity index (χ1) is 7.72. The Kier molecular flexibility index (Phi) is 2.92. The Bertz CT molecular complexity index is 509. The van der Waals surface area contributed by atoms with Gasteiger partial charge in [-0.15, -0.1) is 0 Å². The molecule has 0 N–H and O–H groups in total. The van der Waals surface area contributed by atoms with E-state index in [2.05, 4.69) is 5.10 Å². The molecular weight excluding hydrogens is 228 g/mol.